The number of ether oxygens (including phenoxy) is 1. The molecular formula is C22H25N3O3. The predicted molar refractivity (Wildman–Crippen MR) is 110 cm³/mol. The summed E-state index contributed by atoms with van der Waals surface area (Å²) in [4.78, 5) is 30.6. The molecule has 1 heterocycles. The molecule has 3 aromatic rings. The Hall–Kier alpha value is -3.12. The standard InChI is InChI=1S/C22H25N3O3/c1-14-20(17-10-5-6-11-18(17)24-14)21(26)22(27)23-13-19(25(2)3)15-8-7-9-16(12-15)28-4/h5-12,19,24H,13H2,1-4H3,(H,23,27). The smallest absolute Gasteiger partial charge is 0.292 e. The minimum Gasteiger partial charge on any atom is -0.497 e. The summed E-state index contributed by atoms with van der Waals surface area (Å²) in [6.45, 7) is 2.12. The molecule has 1 unspecified atom stereocenters. The van der Waals surface area contributed by atoms with Crippen LogP contribution in [0.1, 0.15) is 27.7 Å². The van der Waals surface area contributed by atoms with E-state index in [0.717, 1.165) is 22.2 Å². The number of benzene rings is 2. The van der Waals surface area contributed by atoms with E-state index in [-0.39, 0.29) is 6.04 Å². The van der Waals surface area contributed by atoms with Gasteiger partial charge in [-0.2, -0.15) is 0 Å². The molecule has 1 atom stereocenters. The quantitative estimate of drug-likeness (QED) is 0.489. The minimum atomic E-state index is -0.609. The van der Waals surface area contributed by atoms with Crippen molar-refractivity contribution in [3.63, 3.8) is 0 Å². The molecule has 2 N–H and O–H groups in total. The predicted octanol–water partition coefficient (Wildman–Crippen LogP) is 3.09. The van der Waals surface area contributed by atoms with Crippen molar-refractivity contribution < 1.29 is 14.3 Å². The van der Waals surface area contributed by atoms with Crippen molar-refractivity contribution >= 4 is 22.6 Å². The first-order valence-corrected chi connectivity index (χ1v) is 9.12. The zero-order valence-electron chi connectivity index (χ0n) is 16.6. The molecule has 6 nitrogen and oxygen atoms in total. The van der Waals surface area contributed by atoms with Gasteiger partial charge in [-0.3, -0.25) is 9.59 Å². The van der Waals surface area contributed by atoms with Crippen LogP contribution >= 0.6 is 0 Å². The number of likely N-dealkylation sites (N-methyl/N-ethyl adjacent to an activating group) is 1. The second kappa shape index (κ2) is 8.27. The Kier molecular flexibility index (Phi) is 5.80. The summed E-state index contributed by atoms with van der Waals surface area (Å²) >= 11 is 0. The van der Waals surface area contributed by atoms with Crippen molar-refractivity contribution in [3.05, 3.63) is 65.4 Å². The zero-order valence-corrected chi connectivity index (χ0v) is 16.6. The summed E-state index contributed by atoms with van der Waals surface area (Å²) in [6, 6.07) is 15.1. The normalized spacial score (nSPS) is 12.2. The molecule has 0 spiro atoms. The molecule has 0 aliphatic heterocycles. The summed E-state index contributed by atoms with van der Waals surface area (Å²) in [5.41, 5.74) is 2.97. The maximum absolute atomic E-state index is 12.8. The maximum atomic E-state index is 12.8. The highest BCUT2D eigenvalue weighted by atomic mass is 16.5. The van der Waals surface area contributed by atoms with Gasteiger partial charge in [-0.1, -0.05) is 30.3 Å². The van der Waals surface area contributed by atoms with Gasteiger partial charge in [0.25, 0.3) is 11.7 Å². The molecule has 1 amide bonds. The van der Waals surface area contributed by atoms with Crippen molar-refractivity contribution in [1.82, 2.24) is 15.2 Å². The van der Waals surface area contributed by atoms with Gasteiger partial charge in [-0.25, -0.2) is 0 Å². The number of H-pyrrole nitrogens is 1. The lowest BCUT2D eigenvalue weighted by atomic mass is 10.0. The number of nitrogens with zero attached hydrogens (tertiary/aromatic N) is 1. The third kappa shape index (κ3) is 3.92. The lowest BCUT2D eigenvalue weighted by molar-refractivity contribution is -0.117. The number of nitrogens with one attached hydrogen (secondary N) is 2. The van der Waals surface area contributed by atoms with Crippen LogP contribution in [0.25, 0.3) is 10.9 Å². The molecule has 28 heavy (non-hydrogen) atoms. The molecule has 0 aliphatic carbocycles. The van der Waals surface area contributed by atoms with E-state index < -0.39 is 11.7 Å². The number of aromatic nitrogens is 1. The number of aryl methyl sites for hydroxylation is 1. The highest BCUT2D eigenvalue weighted by Gasteiger charge is 2.24. The van der Waals surface area contributed by atoms with Gasteiger partial charge in [0.15, 0.2) is 0 Å². The number of hydrogen-bond acceptors (Lipinski definition) is 4. The van der Waals surface area contributed by atoms with E-state index >= 15 is 0 Å². The van der Waals surface area contributed by atoms with Crippen molar-refractivity contribution in [3.8, 4) is 5.75 Å². The molecule has 0 aliphatic rings. The highest BCUT2D eigenvalue weighted by Crippen LogP contribution is 2.24. The molecule has 2 aromatic carbocycles. The zero-order chi connectivity index (χ0) is 20.3. The van der Waals surface area contributed by atoms with Crippen LogP contribution in [0.15, 0.2) is 48.5 Å². The number of carbonyl (C=O) groups is 2. The first kappa shape index (κ1) is 19.6. The van der Waals surface area contributed by atoms with Gasteiger partial charge in [-0.05, 0) is 44.8 Å². The average molecular weight is 379 g/mol. The third-order valence-electron chi connectivity index (χ3n) is 4.88. The SMILES string of the molecule is COc1cccc(C(CNC(=O)C(=O)c2c(C)[nH]c3ccccc23)N(C)C)c1. The maximum Gasteiger partial charge on any atom is 0.292 e. The summed E-state index contributed by atoms with van der Waals surface area (Å²) in [5, 5.41) is 3.56. The molecule has 146 valence electrons. The molecule has 0 bridgehead atoms. The van der Waals surface area contributed by atoms with Crippen LogP contribution in [0.2, 0.25) is 0 Å². The fourth-order valence-corrected chi connectivity index (χ4v) is 3.40. The van der Waals surface area contributed by atoms with Gasteiger partial charge in [-0.15, -0.1) is 0 Å². The van der Waals surface area contributed by atoms with Gasteiger partial charge in [0.2, 0.25) is 0 Å². The Balaban J connectivity index is 1.77. The number of Topliss-reactive ketones (excluding diaryl/α,β-unsaturated/α-hetero) is 1. The third-order valence-corrected chi connectivity index (χ3v) is 4.88. The summed E-state index contributed by atoms with van der Waals surface area (Å²) in [7, 11) is 5.48. The Morgan fingerprint density at radius 3 is 2.61 bits per heavy atom. The number of aromatic amines is 1. The van der Waals surface area contributed by atoms with Crippen LogP contribution in [0, 0.1) is 6.92 Å². The number of hydrogen-bond donors (Lipinski definition) is 2. The lowest BCUT2D eigenvalue weighted by Gasteiger charge is -2.25. The number of para-hydroxylation sites is 1. The number of amides is 1. The summed E-state index contributed by atoms with van der Waals surface area (Å²) < 4.78 is 5.29. The van der Waals surface area contributed by atoms with E-state index in [2.05, 4.69) is 10.3 Å². The molecule has 3 rings (SSSR count). The van der Waals surface area contributed by atoms with E-state index in [1.54, 1.807) is 14.0 Å². The first-order valence-electron chi connectivity index (χ1n) is 9.12. The molecule has 0 saturated heterocycles. The number of fused-ring (bicyclic) bond motifs is 1. The van der Waals surface area contributed by atoms with Crippen LogP contribution in [0.5, 0.6) is 5.75 Å². The fraction of sp³-hybridized carbons (Fsp3) is 0.273. The average Bonchev–Trinajstić information content (AvgIpc) is 3.03. The molecule has 0 fully saturated rings. The van der Waals surface area contributed by atoms with E-state index in [0.29, 0.717) is 17.8 Å². The van der Waals surface area contributed by atoms with E-state index in [4.69, 9.17) is 4.74 Å². The van der Waals surface area contributed by atoms with Gasteiger partial charge in [0, 0.05) is 23.1 Å². The van der Waals surface area contributed by atoms with E-state index in [9.17, 15) is 9.59 Å². The van der Waals surface area contributed by atoms with Crippen LogP contribution in [0.4, 0.5) is 0 Å². The van der Waals surface area contributed by atoms with Crippen LogP contribution < -0.4 is 10.1 Å². The van der Waals surface area contributed by atoms with Gasteiger partial charge < -0.3 is 19.9 Å². The number of rotatable bonds is 7. The first-order chi connectivity index (χ1) is 13.4. The van der Waals surface area contributed by atoms with Gasteiger partial charge >= 0.3 is 0 Å². The van der Waals surface area contributed by atoms with Crippen molar-refractivity contribution in [2.24, 2.45) is 0 Å². The number of ketones is 1. The van der Waals surface area contributed by atoms with Crippen molar-refractivity contribution in [2.45, 2.75) is 13.0 Å². The molecule has 1 aromatic heterocycles. The molecule has 0 saturated carbocycles. The van der Waals surface area contributed by atoms with Crippen molar-refractivity contribution in [2.75, 3.05) is 27.7 Å². The highest BCUT2D eigenvalue weighted by molar-refractivity contribution is 6.45. The molecular weight excluding hydrogens is 354 g/mol. The van der Waals surface area contributed by atoms with Crippen LogP contribution in [-0.2, 0) is 4.79 Å². The van der Waals surface area contributed by atoms with Crippen LogP contribution in [0.3, 0.4) is 0 Å². The topological polar surface area (TPSA) is 74.4 Å². The van der Waals surface area contributed by atoms with E-state index in [1.165, 1.54) is 0 Å². The largest absolute Gasteiger partial charge is 0.497 e. The molecule has 0 radical (unpaired) electrons. The van der Waals surface area contributed by atoms with Gasteiger partial charge in [0.1, 0.15) is 5.75 Å². The number of methoxy groups -OCH3 is 1. The fourth-order valence-electron chi connectivity index (χ4n) is 3.40. The Labute approximate surface area is 164 Å². The summed E-state index contributed by atoms with van der Waals surface area (Å²) in [5.74, 6) is -0.387. The summed E-state index contributed by atoms with van der Waals surface area (Å²) in [6.07, 6.45) is 0. The second-order valence-corrected chi connectivity index (χ2v) is 6.97. The van der Waals surface area contributed by atoms with Gasteiger partial charge in [0.05, 0.1) is 18.7 Å². The Morgan fingerprint density at radius 1 is 1.14 bits per heavy atom. The van der Waals surface area contributed by atoms with E-state index in [1.807, 2.05) is 67.5 Å². The lowest BCUT2D eigenvalue weighted by Crippen LogP contribution is -2.38. The Morgan fingerprint density at radius 2 is 1.89 bits per heavy atom. The van der Waals surface area contributed by atoms with Crippen molar-refractivity contribution in [1.29, 1.82) is 0 Å². The molecule has 6 heteroatoms. The monoisotopic (exact) mass is 379 g/mol. The second-order valence-electron chi connectivity index (χ2n) is 6.97. The van der Waals surface area contributed by atoms with Crippen LogP contribution in [-0.4, -0.2) is 49.3 Å². The number of carbonyl (C=O) groups excluding carboxylic acids is 2. The Bertz CT molecular complexity index is 1010. The minimum absolute atomic E-state index is 0.0871.